The first-order valence-electron chi connectivity index (χ1n) is 10.1. The van der Waals surface area contributed by atoms with Crippen LogP contribution in [0.2, 0.25) is 0 Å². The first kappa shape index (κ1) is 20.9. The molecule has 1 atom stereocenters. The third kappa shape index (κ3) is 6.32. The van der Waals surface area contributed by atoms with Crippen molar-refractivity contribution in [1.29, 1.82) is 0 Å². The molecule has 29 heavy (non-hydrogen) atoms. The highest BCUT2D eigenvalue weighted by molar-refractivity contribution is 5.77. The predicted octanol–water partition coefficient (Wildman–Crippen LogP) is 3.21. The van der Waals surface area contributed by atoms with Crippen LogP contribution in [0.5, 0.6) is 0 Å². The summed E-state index contributed by atoms with van der Waals surface area (Å²) in [4.78, 5) is 28.8. The molecular weight excluding hydrogens is 366 g/mol. The lowest BCUT2D eigenvalue weighted by Gasteiger charge is -2.40. The fourth-order valence-corrected chi connectivity index (χ4v) is 3.53. The van der Waals surface area contributed by atoms with Crippen molar-refractivity contribution in [2.75, 3.05) is 33.2 Å². The number of likely N-dealkylation sites (N-methyl/N-ethyl adjacent to an activating group) is 1. The Labute approximate surface area is 172 Å². The SMILES string of the molecule is CN1CCN(C(=O)CCCNC(=O)OCc2ccccc2)C(c2ccccc2)C1. The second-order valence-corrected chi connectivity index (χ2v) is 7.37. The largest absolute Gasteiger partial charge is 0.445 e. The van der Waals surface area contributed by atoms with Crippen LogP contribution in [0.15, 0.2) is 60.7 Å². The maximum atomic E-state index is 12.8. The van der Waals surface area contributed by atoms with Gasteiger partial charge in [0.05, 0.1) is 6.04 Å². The van der Waals surface area contributed by atoms with Crippen molar-refractivity contribution in [1.82, 2.24) is 15.1 Å². The van der Waals surface area contributed by atoms with E-state index in [-0.39, 0.29) is 18.6 Å². The first-order valence-corrected chi connectivity index (χ1v) is 10.1. The van der Waals surface area contributed by atoms with E-state index in [2.05, 4.69) is 29.4 Å². The molecule has 2 aromatic carbocycles. The Morgan fingerprint density at radius 1 is 1.03 bits per heavy atom. The van der Waals surface area contributed by atoms with Gasteiger partial charge in [0.15, 0.2) is 0 Å². The number of alkyl carbamates (subject to hydrolysis) is 1. The van der Waals surface area contributed by atoms with Gasteiger partial charge in [0.2, 0.25) is 5.91 Å². The van der Waals surface area contributed by atoms with Gasteiger partial charge >= 0.3 is 6.09 Å². The second kappa shape index (κ2) is 10.6. The van der Waals surface area contributed by atoms with Crippen molar-refractivity contribution >= 4 is 12.0 Å². The molecule has 1 aliphatic heterocycles. The zero-order chi connectivity index (χ0) is 20.5. The smallest absolute Gasteiger partial charge is 0.407 e. The minimum Gasteiger partial charge on any atom is -0.445 e. The predicted molar refractivity (Wildman–Crippen MR) is 112 cm³/mol. The number of nitrogens with zero attached hydrogens (tertiary/aromatic N) is 2. The molecule has 2 aromatic rings. The van der Waals surface area contributed by atoms with Crippen LogP contribution in [0.25, 0.3) is 0 Å². The molecule has 0 aromatic heterocycles. The van der Waals surface area contributed by atoms with E-state index in [4.69, 9.17) is 4.74 Å². The van der Waals surface area contributed by atoms with Crippen LogP contribution >= 0.6 is 0 Å². The molecule has 1 aliphatic rings. The third-order valence-corrected chi connectivity index (χ3v) is 5.14. The van der Waals surface area contributed by atoms with E-state index in [9.17, 15) is 9.59 Å². The number of nitrogens with one attached hydrogen (secondary N) is 1. The van der Waals surface area contributed by atoms with Gasteiger partial charge in [-0.1, -0.05) is 60.7 Å². The summed E-state index contributed by atoms with van der Waals surface area (Å²) in [5.41, 5.74) is 2.11. The highest BCUT2D eigenvalue weighted by Gasteiger charge is 2.29. The lowest BCUT2D eigenvalue weighted by Crippen LogP contribution is -2.49. The Hall–Kier alpha value is -2.86. The molecule has 0 bridgehead atoms. The molecule has 0 spiro atoms. The highest BCUT2D eigenvalue weighted by atomic mass is 16.5. The van der Waals surface area contributed by atoms with E-state index >= 15 is 0 Å². The van der Waals surface area contributed by atoms with Gasteiger partial charge in [0, 0.05) is 32.6 Å². The van der Waals surface area contributed by atoms with Gasteiger partial charge in [-0.05, 0) is 24.6 Å². The van der Waals surface area contributed by atoms with E-state index in [1.54, 1.807) is 0 Å². The lowest BCUT2D eigenvalue weighted by molar-refractivity contribution is -0.136. The first-order chi connectivity index (χ1) is 14.1. The molecular formula is C23H29N3O3. The van der Waals surface area contributed by atoms with Crippen LogP contribution < -0.4 is 5.32 Å². The van der Waals surface area contributed by atoms with Gasteiger partial charge < -0.3 is 19.9 Å². The molecule has 1 N–H and O–H groups in total. The topological polar surface area (TPSA) is 61.9 Å². The molecule has 3 rings (SSSR count). The molecule has 2 amide bonds. The van der Waals surface area contributed by atoms with Gasteiger partial charge in [-0.3, -0.25) is 4.79 Å². The van der Waals surface area contributed by atoms with Gasteiger partial charge in [-0.2, -0.15) is 0 Å². The van der Waals surface area contributed by atoms with Gasteiger partial charge in [0.25, 0.3) is 0 Å². The average Bonchev–Trinajstić information content (AvgIpc) is 2.76. The molecule has 0 radical (unpaired) electrons. The Bertz CT molecular complexity index is 782. The lowest BCUT2D eigenvalue weighted by atomic mass is 10.0. The van der Waals surface area contributed by atoms with Crippen LogP contribution in [-0.4, -0.2) is 55.0 Å². The Balaban J connectivity index is 1.41. The van der Waals surface area contributed by atoms with Crippen LogP contribution in [-0.2, 0) is 16.1 Å². The van der Waals surface area contributed by atoms with E-state index in [1.807, 2.05) is 53.4 Å². The summed E-state index contributed by atoms with van der Waals surface area (Å²) >= 11 is 0. The summed E-state index contributed by atoms with van der Waals surface area (Å²) in [5.74, 6) is 0.131. The van der Waals surface area contributed by atoms with Crippen LogP contribution in [0.3, 0.4) is 0 Å². The van der Waals surface area contributed by atoms with Crippen molar-refractivity contribution in [3.8, 4) is 0 Å². The maximum absolute atomic E-state index is 12.8. The van der Waals surface area contributed by atoms with E-state index in [1.165, 1.54) is 0 Å². The summed E-state index contributed by atoms with van der Waals surface area (Å²) in [6.45, 7) is 3.09. The molecule has 0 saturated carbocycles. The van der Waals surface area contributed by atoms with Crippen molar-refractivity contribution in [3.63, 3.8) is 0 Å². The number of benzene rings is 2. The van der Waals surface area contributed by atoms with Crippen molar-refractivity contribution in [2.45, 2.75) is 25.5 Å². The van der Waals surface area contributed by atoms with Gasteiger partial charge in [-0.15, -0.1) is 0 Å². The number of carbonyl (C=O) groups is 2. The number of amides is 2. The van der Waals surface area contributed by atoms with Crippen molar-refractivity contribution < 1.29 is 14.3 Å². The van der Waals surface area contributed by atoms with E-state index in [0.29, 0.717) is 19.4 Å². The fourth-order valence-electron chi connectivity index (χ4n) is 3.53. The molecule has 1 heterocycles. The molecule has 154 valence electrons. The molecule has 1 saturated heterocycles. The second-order valence-electron chi connectivity index (χ2n) is 7.37. The number of hydrogen-bond donors (Lipinski definition) is 1. The molecule has 0 aliphatic carbocycles. The normalized spacial score (nSPS) is 17.0. The summed E-state index contributed by atoms with van der Waals surface area (Å²) in [7, 11) is 2.09. The number of carbonyl (C=O) groups excluding carboxylic acids is 2. The molecule has 1 fully saturated rings. The Kier molecular flexibility index (Phi) is 7.64. The van der Waals surface area contributed by atoms with Crippen LogP contribution in [0.4, 0.5) is 4.79 Å². The monoisotopic (exact) mass is 395 g/mol. The average molecular weight is 396 g/mol. The number of hydrogen-bond acceptors (Lipinski definition) is 4. The minimum absolute atomic E-state index is 0.0752. The van der Waals surface area contributed by atoms with Crippen molar-refractivity contribution in [2.24, 2.45) is 0 Å². The quantitative estimate of drug-likeness (QED) is 0.732. The molecule has 1 unspecified atom stereocenters. The zero-order valence-corrected chi connectivity index (χ0v) is 16.9. The fraction of sp³-hybridized carbons (Fsp3) is 0.391. The van der Waals surface area contributed by atoms with Crippen LogP contribution in [0.1, 0.15) is 30.0 Å². The van der Waals surface area contributed by atoms with Crippen LogP contribution in [0, 0.1) is 0 Å². The van der Waals surface area contributed by atoms with Gasteiger partial charge in [-0.25, -0.2) is 4.79 Å². The van der Waals surface area contributed by atoms with Gasteiger partial charge in [0.1, 0.15) is 6.61 Å². The maximum Gasteiger partial charge on any atom is 0.407 e. The standard InChI is InChI=1S/C23H29N3O3/c1-25-15-16-26(21(17-25)20-11-6-3-7-12-20)22(27)13-8-14-24-23(28)29-18-19-9-4-2-5-10-19/h2-7,9-12,21H,8,13-18H2,1H3,(H,24,28). The number of ether oxygens (including phenoxy) is 1. The molecule has 6 heteroatoms. The molecule has 6 nitrogen and oxygen atoms in total. The van der Waals surface area contributed by atoms with E-state index in [0.717, 1.165) is 30.8 Å². The zero-order valence-electron chi connectivity index (χ0n) is 16.9. The summed E-state index contributed by atoms with van der Waals surface area (Å²) in [6, 6.07) is 19.8. The number of piperazine rings is 1. The van der Waals surface area contributed by atoms with E-state index < -0.39 is 6.09 Å². The number of rotatable bonds is 7. The Morgan fingerprint density at radius 2 is 1.72 bits per heavy atom. The Morgan fingerprint density at radius 3 is 2.45 bits per heavy atom. The summed E-state index contributed by atoms with van der Waals surface area (Å²) in [6.07, 6.45) is 0.544. The summed E-state index contributed by atoms with van der Waals surface area (Å²) in [5, 5.41) is 2.72. The van der Waals surface area contributed by atoms with Crippen molar-refractivity contribution in [3.05, 3.63) is 71.8 Å². The highest BCUT2D eigenvalue weighted by Crippen LogP contribution is 2.25. The third-order valence-electron chi connectivity index (χ3n) is 5.14. The minimum atomic E-state index is -0.455. The summed E-state index contributed by atoms with van der Waals surface area (Å²) < 4.78 is 5.19.